The van der Waals surface area contributed by atoms with Gasteiger partial charge in [-0.1, -0.05) is 29.3 Å². The van der Waals surface area contributed by atoms with Crippen LogP contribution in [0.15, 0.2) is 41.5 Å². The molecule has 0 spiro atoms. The van der Waals surface area contributed by atoms with Crippen molar-refractivity contribution in [2.45, 2.75) is 0 Å². The summed E-state index contributed by atoms with van der Waals surface area (Å²) < 4.78 is 5.02. The van der Waals surface area contributed by atoms with Gasteiger partial charge in [-0.15, -0.1) is 0 Å². The van der Waals surface area contributed by atoms with Gasteiger partial charge in [-0.05, 0) is 29.8 Å². The highest BCUT2D eigenvalue weighted by Crippen LogP contribution is 2.32. The van der Waals surface area contributed by atoms with Gasteiger partial charge in [0.2, 0.25) is 0 Å². The maximum absolute atomic E-state index is 11.8. The molecule has 2 aromatic rings. The quantitative estimate of drug-likeness (QED) is 0.430. The van der Waals surface area contributed by atoms with Crippen molar-refractivity contribution in [3.8, 4) is 11.5 Å². The first-order valence-corrected chi connectivity index (χ1v) is 7.62. The maximum Gasteiger partial charge on any atom is 0.329 e. The van der Waals surface area contributed by atoms with E-state index in [1.807, 2.05) is 0 Å². The van der Waals surface area contributed by atoms with Crippen LogP contribution in [0.25, 0.3) is 0 Å². The minimum absolute atomic E-state index is 0.0380. The number of amides is 2. The number of phenolic OH excluding ortho intramolecular Hbond substituents is 1. The lowest BCUT2D eigenvalue weighted by atomic mass is 10.2. The summed E-state index contributed by atoms with van der Waals surface area (Å²) in [4.78, 5) is 23.5. The number of hydrogen-bond acceptors (Lipinski definition) is 5. The van der Waals surface area contributed by atoms with Crippen LogP contribution in [0.5, 0.6) is 11.5 Å². The third kappa shape index (κ3) is 5.10. The topological polar surface area (TPSA) is 100 Å². The zero-order valence-electron chi connectivity index (χ0n) is 12.9. The fourth-order valence-corrected chi connectivity index (χ4v) is 2.27. The molecular formula is C16H13Cl2N3O4. The molecule has 0 atom stereocenters. The second-order valence-corrected chi connectivity index (χ2v) is 5.53. The first kappa shape index (κ1) is 18.6. The number of nitrogens with zero attached hydrogens (tertiary/aromatic N) is 1. The van der Waals surface area contributed by atoms with Crippen LogP contribution < -0.4 is 15.5 Å². The number of halogens is 2. The molecule has 7 nitrogen and oxygen atoms in total. The Balaban J connectivity index is 1.96. The lowest BCUT2D eigenvalue weighted by Gasteiger charge is -2.06. The molecule has 2 aromatic carbocycles. The van der Waals surface area contributed by atoms with E-state index in [0.29, 0.717) is 17.0 Å². The molecule has 0 bridgehead atoms. The molecule has 0 aliphatic carbocycles. The number of anilines is 1. The van der Waals surface area contributed by atoms with Gasteiger partial charge in [0.05, 0.1) is 23.4 Å². The summed E-state index contributed by atoms with van der Waals surface area (Å²) in [6, 6.07) is 9.34. The van der Waals surface area contributed by atoms with E-state index in [1.165, 1.54) is 25.5 Å². The summed E-state index contributed by atoms with van der Waals surface area (Å²) in [7, 11) is 1.49. The number of hydrazone groups is 1. The van der Waals surface area contributed by atoms with Crippen molar-refractivity contribution in [3.63, 3.8) is 0 Å². The van der Waals surface area contributed by atoms with E-state index < -0.39 is 11.8 Å². The van der Waals surface area contributed by atoms with E-state index >= 15 is 0 Å². The summed E-state index contributed by atoms with van der Waals surface area (Å²) >= 11 is 11.5. The summed E-state index contributed by atoms with van der Waals surface area (Å²) in [6.45, 7) is 0. The molecule has 0 aliphatic heterocycles. The van der Waals surface area contributed by atoms with E-state index in [2.05, 4.69) is 15.8 Å². The number of nitrogens with one attached hydrogen (secondary N) is 2. The molecule has 0 fully saturated rings. The SMILES string of the molecule is COc1cccc(NC(=O)C(=O)N/N=C/c2cc(Cl)c(O)c(Cl)c2)c1. The van der Waals surface area contributed by atoms with Crippen LogP contribution in [0, 0.1) is 0 Å². The van der Waals surface area contributed by atoms with Gasteiger partial charge in [-0.2, -0.15) is 5.10 Å². The van der Waals surface area contributed by atoms with Crippen LogP contribution in [0.4, 0.5) is 5.69 Å². The van der Waals surface area contributed by atoms with Gasteiger partial charge in [0.15, 0.2) is 5.75 Å². The van der Waals surface area contributed by atoms with Crippen molar-refractivity contribution < 1.29 is 19.4 Å². The molecule has 130 valence electrons. The van der Waals surface area contributed by atoms with E-state index in [-0.39, 0.29) is 15.8 Å². The Kier molecular flexibility index (Phi) is 6.21. The highest BCUT2D eigenvalue weighted by Gasteiger charge is 2.13. The van der Waals surface area contributed by atoms with Gasteiger partial charge >= 0.3 is 11.8 Å². The summed E-state index contributed by atoms with van der Waals surface area (Å²) in [5.74, 6) is -1.57. The summed E-state index contributed by atoms with van der Waals surface area (Å²) in [5.41, 5.74) is 2.91. The van der Waals surface area contributed by atoms with Crippen molar-refractivity contribution in [3.05, 3.63) is 52.0 Å². The van der Waals surface area contributed by atoms with Crippen LogP contribution in [-0.2, 0) is 9.59 Å². The minimum atomic E-state index is -0.963. The number of hydrogen-bond donors (Lipinski definition) is 3. The number of carbonyl (C=O) groups is 2. The average molecular weight is 382 g/mol. The second-order valence-electron chi connectivity index (χ2n) is 4.72. The van der Waals surface area contributed by atoms with Crippen LogP contribution in [0.3, 0.4) is 0 Å². The summed E-state index contributed by atoms with van der Waals surface area (Å²) in [6.07, 6.45) is 1.23. The molecule has 0 radical (unpaired) electrons. The Hall–Kier alpha value is -2.77. The fourth-order valence-electron chi connectivity index (χ4n) is 1.76. The largest absolute Gasteiger partial charge is 0.505 e. The zero-order valence-corrected chi connectivity index (χ0v) is 14.4. The van der Waals surface area contributed by atoms with Crippen LogP contribution in [0.2, 0.25) is 10.0 Å². The van der Waals surface area contributed by atoms with Gasteiger partial charge in [0.25, 0.3) is 0 Å². The van der Waals surface area contributed by atoms with Gasteiger partial charge in [0, 0.05) is 11.8 Å². The molecule has 2 amide bonds. The second kappa shape index (κ2) is 8.36. The highest BCUT2D eigenvalue weighted by atomic mass is 35.5. The third-order valence-corrected chi connectivity index (χ3v) is 3.53. The highest BCUT2D eigenvalue weighted by molar-refractivity contribution is 6.39. The predicted molar refractivity (Wildman–Crippen MR) is 95.5 cm³/mol. The average Bonchev–Trinajstić information content (AvgIpc) is 2.59. The number of phenols is 1. The van der Waals surface area contributed by atoms with E-state index in [9.17, 15) is 14.7 Å². The molecular weight excluding hydrogens is 369 g/mol. The number of benzene rings is 2. The Morgan fingerprint density at radius 3 is 2.48 bits per heavy atom. The van der Waals surface area contributed by atoms with Crippen molar-refractivity contribution in [1.29, 1.82) is 0 Å². The van der Waals surface area contributed by atoms with Crippen LogP contribution in [-0.4, -0.2) is 30.2 Å². The van der Waals surface area contributed by atoms with E-state index in [1.54, 1.807) is 24.3 Å². The lowest BCUT2D eigenvalue weighted by molar-refractivity contribution is -0.136. The zero-order chi connectivity index (χ0) is 18.4. The first-order valence-electron chi connectivity index (χ1n) is 6.87. The minimum Gasteiger partial charge on any atom is -0.505 e. The van der Waals surface area contributed by atoms with Crippen molar-refractivity contribution in [2.24, 2.45) is 5.10 Å². The fraction of sp³-hybridized carbons (Fsp3) is 0.0625. The Morgan fingerprint density at radius 1 is 1.16 bits per heavy atom. The normalized spacial score (nSPS) is 10.5. The Morgan fingerprint density at radius 2 is 1.84 bits per heavy atom. The molecule has 0 saturated carbocycles. The van der Waals surface area contributed by atoms with Crippen LogP contribution in [0.1, 0.15) is 5.56 Å². The molecule has 0 heterocycles. The molecule has 0 aliphatic rings. The van der Waals surface area contributed by atoms with Crippen molar-refractivity contribution in [2.75, 3.05) is 12.4 Å². The first-order chi connectivity index (χ1) is 11.9. The number of carbonyl (C=O) groups excluding carboxylic acids is 2. The number of ether oxygens (including phenoxy) is 1. The number of methoxy groups -OCH3 is 1. The predicted octanol–water partition coefficient (Wildman–Crippen LogP) is 2.80. The van der Waals surface area contributed by atoms with E-state index in [0.717, 1.165) is 0 Å². The molecule has 0 saturated heterocycles. The third-order valence-electron chi connectivity index (χ3n) is 2.95. The Labute approximate surface area is 153 Å². The van der Waals surface area contributed by atoms with Gasteiger partial charge in [-0.3, -0.25) is 9.59 Å². The standard InChI is InChI=1S/C16H13Cl2N3O4/c1-25-11-4-2-3-10(7-11)20-15(23)16(24)21-19-8-9-5-12(17)14(22)13(18)6-9/h2-8,22H,1H3,(H,20,23)(H,21,24)/b19-8+. The maximum atomic E-state index is 11.8. The van der Waals surface area contributed by atoms with Gasteiger partial charge in [0.1, 0.15) is 5.75 Å². The monoisotopic (exact) mass is 381 g/mol. The van der Waals surface area contributed by atoms with Crippen molar-refractivity contribution >= 4 is 46.9 Å². The number of aromatic hydroxyl groups is 1. The Bertz CT molecular complexity index is 817. The molecule has 25 heavy (non-hydrogen) atoms. The smallest absolute Gasteiger partial charge is 0.329 e. The molecule has 0 unspecified atom stereocenters. The number of rotatable bonds is 4. The van der Waals surface area contributed by atoms with Gasteiger partial charge in [-0.25, -0.2) is 5.43 Å². The molecule has 9 heteroatoms. The van der Waals surface area contributed by atoms with E-state index in [4.69, 9.17) is 27.9 Å². The summed E-state index contributed by atoms with van der Waals surface area (Å²) in [5, 5.41) is 15.6. The van der Waals surface area contributed by atoms with Crippen molar-refractivity contribution in [1.82, 2.24) is 5.43 Å². The van der Waals surface area contributed by atoms with Crippen LogP contribution >= 0.6 is 23.2 Å². The molecule has 3 N–H and O–H groups in total. The lowest BCUT2D eigenvalue weighted by Crippen LogP contribution is -2.32. The molecule has 2 rings (SSSR count). The molecule has 0 aromatic heterocycles. The van der Waals surface area contributed by atoms with Gasteiger partial charge < -0.3 is 15.2 Å².